The standard InChI is InChI=1S/C21H27N3O2/c1-15-10-16(2)24(23-15)13-17-6-5-7-18(11-17)20(25)22-19-12-21(26-14-19)8-3-4-9-21/h5-7,10-11,19H,3-4,8-9,12-14H2,1-2H3,(H,22,25). The average Bonchev–Trinajstić information content (AvgIpc) is 3.31. The van der Waals surface area contributed by atoms with Crippen molar-refractivity contribution in [2.75, 3.05) is 6.61 Å². The van der Waals surface area contributed by atoms with Crippen LogP contribution in [0, 0.1) is 13.8 Å². The Bertz CT molecular complexity index is 805. The summed E-state index contributed by atoms with van der Waals surface area (Å²) >= 11 is 0. The van der Waals surface area contributed by atoms with Gasteiger partial charge in [0.05, 0.1) is 30.5 Å². The van der Waals surface area contributed by atoms with Gasteiger partial charge in [-0.15, -0.1) is 0 Å². The van der Waals surface area contributed by atoms with E-state index in [1.807, 2.05) is 35.9 Å². The van der Waals surface area contributed by atoms with Crippen molar-refractivity contribution in [2.24, 2.45) is 0 Å². The number of aryl methyl sites for hydroxylation is 2. The lowest BCUT2D eigenvalue weighted by Crippen LogP contribution is -2.36. The van der Waals surface area contributed by atoms with E-state index in [0.717, 1.165) is 36.2 Å². The molecule has 1 saturated heterocycles. The molecule has 1 spiro atoms. The van der Waals surface area contributed by atoms with Gasteiger partial charge in [-0.2, -0.15) is 5.10 Å². The maximum Gasteiger partial charge on any atom is 0.251 e. The fourth-order valence-electron chi connectivity index (χ4n) is 4.39. The van der Waals surface area contributed by atoms with Crippen LogP contribution in [0.3, 0.4) is 0 Å². The lowest BCUT2D eigenvalue weighted by molar-refractivity contribution is 0.00988. The van der Waals surface area contributed by atoms with E-state index in [2.05, 4.69) is 23.4 Å². The van der Waals surface area contributed by atoms with Gasteiger partial charge in [-0.3, -0.25) is 9.48 Å². The Morgan fingerprint density at radius 3 is 2.85 bits per heavy atom. The fraction of sp³-hybridized carbons (Fsp3) is 0.524. The molecule has 1 N–H and O–H groups in total. The summed E-state index contributed by atoms with van der Waals surface area (Å²) in [5.74, 6) is -0.0103. The molecule has 1 aliphatic carbocycles. The number of hydrogen-bond donors (Lipinski definition) is 1. The van der Waals surface area contributed by atoms with Crippen LogP contribution in [-0.4, -0.2) is 33.9 Å². The number of amides is 1. The van der Waals surface area contributed by atoms with Crippen LogP contribution >= 0.6 is 0 Å². The molecule has 5 nitrogen and oxygen atoms in total. The molecule has 1 aromatic carbocycles. The number of nitrogens with zero attached hydrogens (tertiary/aromatic N) is 2. The zero-order chi connectivity index (χ0) is 18.1. The number of aromatic nitrogens is 2. The molecule has 138 valence electrons. The van der Waals surface area contributed by atoms with Crippen LogP contribution < -0.4 is 5.32 Å². The number of nitrogens with one attached hydrogen (secondary N) is 1. The topological polar surface area (TPSA) is 56.2 Å². The molecule has 5 heteroatoms. The van der Waals surface area contributed by atoms with Crippen molar-refractivity contribution in [3.63, 3.8) is 0 Å². The van der Waals surface area contributed by atoms with Crippen LogP contribution in [0.25, 0.3) is 0 Å². The number of benzene rings is 1. The molecule has 0 bridgehead atoms. The van der Waals surface area contributed by atoms with Crippen LogP contribution in [0.2, 0.25) is 0 Å². The first-order valence-electron chi connectivity index (χ1n) is 9.58. The van der Waals surface area contributed by atoms with E-state index in [1.165, 1.54) is 12.8 Å². The number of carbonyl (C=O) groups is 1. The largest absolute Gasteiger partial charge is 0.373 e. The summed E-state index contributed by atoms with van der Waals surface area (Å²) in [5, 5.41) is 7.67. The van der Waals surface area contributed by atoms with Crippen LogP contribution in [0.4, 0.5) is 0 Å². The van der Waals surface area contributed by atoms with Gasteiger partial charge in [0.2, 0.25) is 0 Å². The van der Waals surface area contributed by atoms with E-state index in [4.69, 9.17) is 4.74 Å². The van der Waals surface area contributed by atoms with E-state index in [0.29, 0.717) is 18.7 Å². The van der Waals surface area contributed by atoms with E-state index >= 15 is 0 Å². The highest BCUT2D eigenvalue weighted by Crippen LogP contribution is 2.40. The zero-order valence-corrected chi connectivity index (χ0v) is 15.6. The molecule has 1 saturated carbocycles. The molecule has 1 aromatic heterocycles. The van der Waals surface area contributed by atoms with E-state index in [9.17, 15) is 4.79 Å². The van der Waals surface area contributed by atoms with Gasteiger partial charge in [-0.25, -0.2) is 0 Å². The molecule has 2 aliphatic rings. The Labute approximate surface area is 154 Å². The van der Waals surface area contributed by atoms with Crippen LogP contribution in [-0.2, 0) is 11.3 Å². The summed E-state index contributed by atoms with van der Waals surface area (Å²) in [7, 11) is 0. The van der Waals surface area contributed by atoms with Gasteiger partial charge in [-0.05, 0) is 56.9 Å². The Balaban J connectivity index is 1.41. The first kappa shape index (κ1) is 17.3. The highest BCUT2D eigenvalue weighted by Gasteiger charge is 2.42. The van der Waals surface area contributed by atoms with Gasteiger partial charge in [-0.1, -0.05) is 25.0 Å². The highest BCUT2D eigenvalue weighted by molar-refractivity contribution is 5.94. The fourth-order valence-corrected chi connectivity index (χ4v) is 4.39. The number of hydrogen-bond acceptors (Lipinski definition) is 3. The Morgan fingerprint density at radius 1 is 1.31 bits per heavy atom. The molecule has 2 aromatic rings. The summed E-state index contributed by atoms with van der Waals surface area (Å²) < 4.78 is 8.02. The third-order valence-corrected chi connectivity index (χ3v) is 5.68. The first-order valence-corrected chi connectivity index (χ1v) is 9.58. The third-order valence-electron chi connectivity index (χ3n) is 5.68. The molecule has 1 aliphatic heterocycles. The Kier molecular flexibility index (Phi) is 4.57. The van der Waals surface area contributed by atoms with Crippen molar-refractivity contribution >= 4 is 5.91 Å². The third kappa shape index (κ3) is 3.54. The van der Waals surface area contributed by atoms with Crippen LogP contribution in [0.15, 0.2) is 30.3 Å². The second kappa shape index (κ2) is 6.88. The van der Waals surface area contributed by atoms with Gasteiger partial charge in [0.25, 0.3) is 5.91 Å². The minimum atomic E-state index is -0.0103. The quantitative estimate of drug-likeness (QED) is 0.917. The summed E-state index contributed by atoms with van der Waals surface area (Å²) in [5.41, 5.74) is 3.96. The van der Waals surface area contributed by atoms with Gasteiger partial charge < -0.3 is 10.1 Å². The smallest absolute Gasteiger partial charge is 0.251 e. The maximum absolute atomic E-state index is 12.7. The number of ether oxygens (including phenoxy) is 1. The monoisotopic (exact) mass is 353 g/mol. The molecule has 26 heavy (non-hydrogen) atoms. The lowest BCUT2D eigenvalue weighted by atomic mass is 9.96. The minimum absolute atomic E-state index is 0.0103. The predicted octanol–water partition coefficient (Wildman–Crippen LogP) is 3.38. The molecule has 1 amide bonds. The van der Waals surface area contributed by atoms with E-state index in [-0.39, 0.29) is 17.6 Å². The normalized spacial score (nSPS) is 21.4. The summed E-state index contributed by atoms with van der Waals surface area (Å²) in [6.07, 6.45) is 5.71. The van der Waals surface area contributed by atoms with Gasteiger partial charge >= 0.3 is 0 Å². The number of rotatable bonds is 4. The van der Waals surface area contributed by atoms with Gasteiger partial charge in [0, 0.05) is 11.3 Å². The van der Waals surface area contributed by atoms with E-state index < -0.39 is 0 Å². The van der Waals surface area contributed by atoms with Crippen molar-refractivity contribution in [1.29, 1.82) is 0 Å². The molecular weight excluding hydrogens is 326 g/mol. The molecule has 2 fully saturated rings. The number of carbonyl (C=O) groups excluding carboxylic acids is 1. The molecule has 1 unspecified atom stereocenters. The minimum Gasteiger partial charge on any atom is -0.373 e. The van der Waals surface area contributed by atoms with Crippen LogP contribution in [0.5, 0.6) is 0 Å². The maximum atomic E-state index is 12.7. The van der Waals surface area contributed by atoms with Crippen LogP contribution in [0.1, 0.15) is 59.4 Å². The van der Waals surface area contributed by atoms with Crippen molar-refractivity contribution < 1.29 is 9.53 Å². The Morgan fingerprint density at radius 2 is 2.12 bits per heavy atom. The highest BCUT2D eigenvalue weighted by atomic mass is 16.5. The average molecular weight is 353 g/mol. The Hall–Kier alpha value is -2.14. The lowest BCUT2D eigenvalue weighted by Gasteiger charge is -2.21. The molecule has 0 radical (unpaired) electrons. The first-order chi connectivity index (χ1) is 12.5. The second-order valence-corrected chi connectivity index (χ2v) is 7.86. The predicted molar refractivity (Wildman–Crippen MR) is 100 cm³/mol. The SMILES string of the molecule is Cc1cc(C)n(Cc2cccc(C(=O)NC3COC4(CCCC4)C3)c2)n1. The van der Waals surface area contributed by atoms with Gasteiger partial charge in [0.15, 0.2) is 0 Å². The van der Waals surface area contributed by atoms with Crippen molar-refractivity contribution in [3.8, 4) is 0 Å². The summed E-state index contributed by atoms with van der Waals surface area (Å²) in [6.45, 7) is 5.36. The molecule has 4 rings (SSSR count). The molecule has 1 atom stereocenters. The molecular formula is C21H27N3O2. The second-order valence-electron chi connectivity index (χ2n) is 7.86. The van der Waals surface area contributed by atoms with Crippen molar-refractivity contribution in [3.05, 3.63) is 52.8 Å². The van der Waals surface area contributed by atoms with Gasteiger partial charge in [0.1, 0.15) is 0 Å². The van der Waals surface area contributed by atoms with E-state index in [1.54, 1.807) is 0 Å². The molecule has 2 heterocycles. The summed E-state index contributed by atoms with van der Waals surface area (Å²) in [6, 6.07) is 10.0. The zero-order valence-electron chi connectivity index (χ0n) is 15.6. The van der Waals surface area contributed by atoms with Crippen molar-refractivity contribution in [2.45, 2.75) is 64.1 Å². The van der Waals surface area contributed by atoms with Crippen molar-refractivity contribution in [1.82, 2.24) is 15.1 Å². The summed E-state index contributed by atoms with van der Waals surface area (Å²) in [4.78, 5) is 12.7.